The van der Waals surface area contributed by atoms with E-state index in [2.05, 4.69) is 13.0 Å². The molecule has 1 saturated carbocycles. The third-order valence-electron chi connectivity index (χ3n) is 5.50. The van der Waals surface area contributed by atoms with Crippen molar-refractivity contribution in [1.29, 1.82) is 0 Å². The Labute approximate surface area is 132 Å². The number of halogens is 2. The van der Waals surface area contributed by atoms with Crippen LogP contribution < -0.4 is 0 Å². The van der Waals surface area contributed by atoms with E-state index in [1.165, 1.54) is 69.1 Å². The van der Waals surface area contributed by atoms with Crippen LogP contribution in [0, 0.1) is 23.5 Å². The lowest BCUT2D eigenvalue weighted by atomic mass is 9.76. The first-order valence-electron chi connectivity index (χ1n) is 8.85. The molecule has 0 atom stereocenters. The highest BCUT2D eigenvalue weighted by Gasteiger charge is 2.26. The van der Waals surface area contributed by atoms with Crippen molar-refractivity contribution in [3.8, 4) is 0 Å². The second kappa shape index (κ2) is 6.93. The molecule has 0 nitrogen and oxygen atoms in total. The fourth-order valence-electron chi connectivity index (χ4n) is 4.13. The van der Waals surface area contributed by atoms with Crippen LogP contribution >= 0.6 is 0 Å². The third-order valence-corrected chi connectivity index (χ3v) is 5.50. The topological polar surface area (TPSA) is 0 Å². The van der Waals surface area contributed by atoms with Crippen molar-refractivity contribution in [2.45, 2.75) is 64.7 Å². The number of hydrogen-bond donors (Lipinski definition) is 0. The number of allylic oxidation sites excluding steroid dienone is 1. The van der Waals surface area contributed by atoms with Crippen LogP contribution in [-0.4, -0.2) is 0 Å². The number of hydrogen-bond acceptors (Lipinski definition) is 0. The molecule has 0 heterocycles. The van der Waals surface area contributed by atoms with Gasteiger partial charge in [-0.2, -0.15) is 0 Å². The highest BCUT2D eigenvalue weighted by Crippen LogP contribution is 2.40. The average Bonchev–Trinajstić information content (AvgIpc) is 2.91. The molecule has 1 fully saturated rings. The molecule has 1 aromatic rings. The lowest BCUT2D eigenvalue weighted by Crippen LogP contribution is -2.16. The van der Waals surface area contributed by atoms with Crippen LogP contribution in [0.25, 0.3) is 6.08 Å². The van der Waals surface area contributed by atoms with Crippen molar-refractivity contribution in [2.75, 3.05) is 0 Å². The smallest absolute Gasteiger partial charge is 0.159 e. The van der Waals surface area contributed by atoms with Crippen LogP contribution in [0.4, 0.5) is 8.78 Å². The molecule has 3 rings (SSSR count). The summed E-state index contributed by atoms with van der Waals surface area (Å²) >= 11 is 0. The number of benzene rings is 1. The van der Waals surface area contributed by atoms with Gasteiger partial charge in [-0.1, -0.05) is 44.3 Å². The highest BCUT2D eigenvalue weighted by atomic mass is 19.2. The zero-order valence-electron chi connectivity index (χ0n) is 13.5. The maximum absolute atomic E-state index is 13.3. The molecule has 0 unspecified atom stereocenters. The van der Waals surface area contributed by atoms with Gasteiger partial charge in [0.05, 0.1) is 0 Å². The van der Waals surface area contributed by atoms with Gasteiger partial charge in [0.2, 0.25) is 0 Å². The predicted octanol–water partition coefficient (Wildman–Crippen LogP) is 6.29. The minimum absolute atomic E-state index is 0.626. The first-order chi connectivity index (χ1) is 10.7. The molecular formula is C20H26F2. The second-order valence-electron chi connectivity index (χ2n) is 7.07. The Morgan fingerprint density at radius 2 is 1.73 bits per heavy atom. The van der Waals surface area contributed by atoms with Crippen LogP contribution in [0.15, 0.2) is 17.7 Å². The SMILES string of the molecule is CCCCC[C@H]1CC[C@H](C2=Cc3cc(F)c(F)cc3C2)CC1. The van der Waals surface area contributed by atoms with E-state index in [9.17, 15) is 8.78 Å². The molecule has 0 amide bonds. The largest absolute Gasteiger partial charge is 0.204 e. The zero-order valence-corrected chi connectivity index (χ0v) is 13.5. The van der Waals surface area contributed by atoms with Crippen molar-refractivity contribution in [3.05, 3.63) is 40.5 Å². The molecule has 22 heavy (non-hydrogen) atoms. The molecule has 0 N–H and O–H groups in total. The van der Waals surface area contributed by atoms with E-state index in [1.54, 1.807) is 0 Å². The molecule has 0 saturated heterocycles. The van der Waals surface area contributed by atoms with E-state index >= 15 is 0 Å². The van der Waals surface area contributed by atoms with E-state index in [0.29, 0.717) is 5.92 Å². The van der Waals surface area contributed by atoms with Crippen LogP contribution in [-0.2, 0) is 6.42 Å². The van der Waals surface area contributed by atoms with Gasteiger partial charge in [0.1, 0.15) is 0 Å². The predicted molar refractivity (Wildman–Crippen MR) is 87.6 cm³/mol. The van der Waals surface area contributed by atoms with E-state index < -0.39 is 11.6 Å². The van der Waals surface area contributed by atoms with Crippen molar-refractivity contribution in [2.24, 2.45) is 11.8 Å². The van der Waals surface area contributed by atoms with Gasteiger partial charge < -0.3 is 0 Å². The molecule has 0 radical (unpaired) electrons. The van der Waals surface area contributed by atoms with Gasteiger partial charge >= 0.3 is 0 Å². The van der Waals surface area contributed by atoms with E-state index in [-0.39, 0.29) is 0 Å². The minimum atomic E-state index is -0.726. The Morgan fingerprint density at radius 3 is 2.45 bits per heavy atom. The van der Waals surface area contributed by atoms with Gasteiger partial charge in [-0.15, -0.1) is 0 Å². The first-order valence-corrected chi connectivity index (χ1v) is 8.85. The molecule has 2 aliphatic rings. The highest BCUT2D eigenvalue weighted by molar-refractivity contribution is 5.64. The van der Waals surface area contributed by atoms with Gasteiger partial charge in [0.15, 0.2) is 11.6 Å². The van der Waals surface area contributed by atoms with Crippen LogP contribution in [0.3, 0.4) is 0 Å². The summed E-state index contributed by atoms with van der Waals surface area (Å²) in [5.41, 5.74) is 3.24. The maximum atomic E-state index is 13.3. The lowest BCUT2D eigenvalue weighted by Gasteiger charge is -2.29. The van der Waals surface area contributed by atoms with E-state index in [0.717, 1.165) is 23.5 Å². The monoisotopic (exact) mass is 304 g/mol. The van der Waals surface area contributed by atoms with Gasteiger partial charge in [-0.05, 0) is 67.2 Å². The van der Waals surface area contributed by atoms with Crippen molar-refractivity contribution >= 4 is 6.08 Å². The average molecular weight is 304 g/mol. The summed E-state index contributed by atoms with van der Waals surface area (Å²) in [5, 5.41) is 0. The lowest BCUT2D eigenvalue weighted by molar-refractivity contribution is 0.281. The standard InChI is InChI=1S/C20H26F2/c1-2-3-4-5-14-6-8-15(9-7-14)16-10-17-12-19(21)20(22)13-18(17)11-16/h10,12-15H,2-9,11H2,1H3/t14-,15-. The third kappa shape index (κ3) is 3.42. The molecule has 0 aliphatic heterocycles. The van der Waals surface area contributed by atoms with E-state index in [4.69, 9.17) is 0 Å². The number of fused-ring (bicyclic) bond motifs is 1. The maximum Gasteiger partial charge on any atom is 0.159 e. The summed E-state index contributed by atoms with van der Waals surface area (Å²) in [4.78, 5) is 0. The molecule has 120 valence electrons. The Bertz CT molecular complexity index is 551. The summed E-state index contributed by atoms with van der Waals surface area (Å²) in [5.74, 6) is 0.0897. The van der Waals surface area contributed by atoms with Gasteiger partial charge in [-0.3, -0.25) is 0 Å². The Hall–Kier alpha value is -1.18. The molecule has 1 aromatic carbocycles. The van der Waals surface area contributed by atoms with Crippen LogP contribution in [0.5, 0.6) is 0 Å². The van der Waals surface area contributed by atoms with Crippen molar-refractivity contribution < 1.29 is 8.78 Å². The van der Waals surface area contributed by atoms with Gasteiger partial charge in [0, 0.05) is 0 Å². The molecular weight excluding hydrogens is 278 g/mol. The summed E-state index contributed by atoms with van der Waals surface area (Å²) in [6.45, 7) is 2.26. The van der Waals surface area contributed by atoms with Crippen LogP contribution in [0.2, 0.25) is 0 Å². The second-order valence-corrected chi connectivity index (χ2v) is 7.07. The normalized spacial score (nSPS) is 24.2. The molecule has 0 bridgehead atoms. The molecule has 2 aliphatic carbocycles. The fourth-order valence-corrected chi connectivity index (χ4v) is 4.13. The van der Waals surface area contributed by atoms with Gasteiger partial charge in [-0.25, -0.2) is 8.78 Å². The summed E-state index contributed by atoms with van der Waals surface area (Å²) in [6, 6.07) is 2.73. The Kier molecular flexibility index (Phi) is 4.95. The quantitative estimate of drug-likeness (QED) is 0.561. The summed E-state index contributed by atoms with van der Waals surface area (Å²) < 4.78 is 26.7. The summed E-state index contributed by atoms with van der Waals surface area (Å²) in [7, 11) is 0. The molecule has 2 heteroatoms. The van der Waals surface area contributed by atoms with Crippen molar-refractivity contribution in [3.63, 3.8) is 0 Å². The van der Waals surface area contributed by atoms with Crippen LogP contribution in [0.1, 0.15) is 69.4 Å². The Balaban J connectivity index is 1.56. The molecule has 0 aromatic heterocycles. The minimum Gasteiger partial charge on any atom is -0.204 e. The fraction of sp³-hybridized carbons (Fsp3) is 0.600. The van der Waals surface area contributed by atoms with E-state index in [1.807, 2.05) is 0 Å². The Morgan fingerprint density at radius 1 is 1.00 bits per heavy atom. The van der Waals surface area contributed by atoms with Gasteiger partial charge in [0.25, 0.3) is 0 Å². The number of unbranched alkanes of at least 4 members (excludes halogenated alkanes) is 2. The molecule has 0 spiro atoms. The summed E-state index contributed by atoms with van der Waals surface area (Å²) in [6.07, 6.45) is 13.5. The number of rotatable bonds is 5. The van der Waals surface area contributed by atoms with Crippen molar-refractivity contribution in [1.82, 2.24) is 0 Å². The first kappa shape index (κ1) is 15.7. The zero-order chi connectivity index (χ0) is 15.5.